The molecule has 1 aromatic heterocycles. The fourth-order valence-electron chi connectivity index (χ4n) is 3.07. The van der Waals surface area contributed by atoms with Gasteiger partial charge in [0, 0.05) is 31.0 Å². The number of nitrogens with two attached hydrogens (primary N) is 1. The molecule has 1 aromatic carbocycles. The first-order chi connectivity index (χ1) is 10.6. The van der Waals surface area contributed by atoms with Gasteiger partial charge in [-0.05, 0) is 42.9 Å². The molecule has 4 nitrogen and oxygen atoms in total. The normalized spacial score (nSPS) is 24.9. The highest BCUT2D eigenvalue weighted by atomic mass is 32.1. The number of benzene rings is 1. The molecule has 2 aliphatic rings. The largest absolute Gasteiger partial charge is 0.345 e. The molecule has 0 bridgehead atoms. The summed E-state index contributed by atoms with van der Waals surface area (Å²) in [6.07, 6.45) is 4.42. The van der Waals surface area contributed by atoms with Gasteiger partial charge in [0.05, 0.1) is 5.54 Å². The zero-order valence-electron chi connectivity index (χ0n) is 12.3. The fraction of sp³-hybridized carbons (Fsp3) is 0.500. The average molecular weight is 318 g/mol. The maximum Gasteiger partial charge on any atom is 0.205 e. The van der Waals surface area contributed by atoms with Gasteiger partial charge >= 0.3 is 0 Å². The summed E-state index contributed by atoms with van der Waals surface area (Å²) in [5.41, 5.74) is 6.87. The first-order valence-electron chi connectivity index (χ1n) is 7.75. The molecule has 0 spiro atoms. The number of aromatic nitrogens is 2. The van der Waals surface area contributed by atoms with Crippen molar-refractivity contribution in [3.05, 3.63) is 41.5 Å². The second kappa shape index (κ2) is 5.28. The summed E-state index contributed by atoms with van der Waals surface area (Å²) >= 11 is 1.45. The second-order valence-corrected chi connectivity index (χ2v) is 7.21. The average Bonchev–Trinajstić information content (AvgIpc) is 3.03. The molecular weight excluding hydrogens is 299 g/mol. The van der Waals surface area contributed by atoms with Crippen LogP contribution in [0.1, 0.15) is 30.7 Å². The summed E-state index contributed by atoms with van der Waals surface area (Å²) in [5, 5.41) is 0.944. The van der Waals surface area contributed by atoms with Gasteiger partial charge in [0.15, 0.2) is 0 Å². The highest BCUT2D eigenvalue weighted by Gasteiger charge is 2.37. The highest BCUT2D eigenvalue weighted by Crippen LogP contribution is 2.35. The van der Waals surface area contributed by atoms with Crippen LogP contribution in [0.2, 0.25) is 0 Å². The minimum absolute atomic E-state index is 0.233. The Hall–Kier alpha value is -1.53. The number of rotatable bonds is 4. The van der Waals surface area contributed by atoms with Crippen LogP contribution in [0, 0.1) is 11.7 Å². The molecule has 1 aliphatic carbocycles. The van der Waals surface area contributed by atoms with E-state index < -0.39 is 5.54 Å². The molecule has 0 amide bonds. The molecule has 4 rings (SSSR count). The first-order valence-corrected chi connectivity index (χ1v) is 8.52. The van der Waals surface area contributed by atoms with Gasteiger partial charge in [-0.25, -0.2) is 9.37 Å². The standard InChI is InChI=1S/C16H19FN4S/c17-13-3-1-2-12(9-13)16(18)6-7-21(10-16)15-19-14(20-22-15)8-11-4-5-11/h1-3,9,11H,4-8,10,18H2. The number of hydrogen-bond acceptors (Lipinski definition) is 5. The topological polar surface area (TPSA) is 55.0 Å². The minimum Gasteiger partial charge on any atom is -0.345 e. The highest BCUT2D eigenvalue weighted by molar-refractivity contribution is 7.09. The van der Waals surface area contributed by atoms with Crippen LogP contribution in [0.4, 0.5) is 9.52 Å². The Morgan fingerprint density at radius 1 is 1.41 bits per heavy atom. The van der Waals surface area contributed by atoms with E-state index in [1.165, 1.54) is 30.4 Å². The van der Waals surface area contributed by atoms with Crippen molar-refractivity contribution in [2.24, 2.45) is 11.7 Å². The Morgan fingerprint density at radius 3 is 3.05 bits per heavy atom. The van der Waals surface area contributed by atoms with Gasteiger partial charge in [-0.2, -0.15) is 4.37 Å². The van der Waals surface area contributed by atoms with E-state index in [0.29, 0.717) is 6.54 Å². The molecule has 116 valence electrons. The van der Waals surface area contributed by atoms with Crippen LogP contribution in [-0.2, 0) is 12.0 Å². The number of halogens is 1. The molecule has 6 heteroatoms. The summed E-state index contributed by atoms with van der Waals surface area (Å²) < 4.78 is 17.9. The molecule has 0 radical (unpaired) electrons. The molecule has 1 saturated carbocycles. The molecule has 1 saturated heterocycles. The van der Waals surface area contributed by atoms with E-state index in [0.717, 1.165) is 41.8 Å². The maximum atomic E-state index is 13.5. The monoisotopic (exact) mass is 318 g/mol. The molecule has 1 aliphatic heterocycles. The summed E-state index contributed by atoms with van der Waals surface area (Å²) in [4.78, 5) is 6.83. The Kier molecular flexibility index (Phi) is 3.38. The second-order valence-electron chi connectivity index (χ2n) is 6.48. The van der Waals surface area contributed by atoms with Crippen LogP contribution in [0.15, 0.2) is 24.3 Å². The van der Waals surface area contributed by atoms with E-state index >= 15 is 0 Å². The minimum atomic E-state index is -0.509. The molecule has 22 heavy (non-hydrogen) atoms. The van der Waals surface area contributed by atoms with Crippen molar-refractivity contribution >= 4 is 16.7 Å². The van der Waals surface area contributed by atoms with E-state index in [1.807, 2.05) is 6.07 Å². The van der Waals surface area contributed by atoms with Crippen molar-refractivity contribution in [2.75, 3.05) is 18.0 Å². The maximum absolute atomic E-state index is 13.5. The van der Waals surface area contributed by atoms with Gasteiger partial charge in [-0.15, -0.1) is 0 Å². The Bertz CT molecular complexity index is 684. The van der Waals surface area contributed by atoms with E-state index in [-0.39, 0.29) is 5.82 Å². The van der Waals surface area contributed by atoms with Gasteiger partial charge in [0.25, 0.3) is 0 Å². The van der Waals surface area contributed by atoms with E-state index in [4.69, 9.17) is 5.73 Å². The molecule has 2 N–H and O–H groups in total. The van der Waals surface area contributed by atoms with Crippen molar-refractivity contribution in [3.63, 3.8) is 0 Å². The van der Waals surface area contributed by atoms with Gasteiger partial charge in [0.1, 0.15) is 11.6 Å². The quantitative estimate of drug-likeness (QED) is 0.942. The molecule has 2 aromatic rings. The van der Waals surface area contributed by atoms with Gasteiger partial charge < -0.3 is 10.6 Å². The number of anilines is 1. The lowest BCUT2D eigenvalue weighted by Gasteiger charge is -2.25. The van der Waals surface area contributed by atoms with Crippen molar-refractivity contribution in [1.29, 1.82) is 0 Å². The summed E-state index contributed by atoms with van der Waals surface area (Å²) in [6, 6.07) is 6.63. The Labute approximate surface area is 133 Å². The molecule has 2 heterocycles. The summed E-state index contributed by atoms with van der Waals surface area (Å²) in [7, 11) is 0. The third-order valence-electron chi connectivity index (χ3n) is 4.60. The van der Waals surface area contributed by atoms with Crippen LogP contribution in [0.5, 0.6) is 0 Å². The fourth-order valence-corrected chi connectivity index (χ4v) is 3.79. The molecule has 1 atom stereocenters. The number of hydrogen-bond donors (Lipinski definition) is 1. The molecule has 2 fully saturated rings. The van der Waals surface area contributed by atoms with E-state index in [1.54, 1.807) is 12.1 Å². The third kappa shape index (κ3) is 2.73. The van der Waals surface area contributed by atoms with Gasteiger partial charge in [-0.3, -0.25) is 0 Å². The lowest BCUT2D eigenvalue weighted by molar-refractivity contribution is 0.494. The van der Waals surface area contributed by atoms with E-state index in [9.17, 15) is 4.39 Å². The lowest BCUT2D eigenvalue weighted by Crippen LogP contribution is -2.39. The van der Waals surface area contributed by atoms with Crippen molar-refractivity contribution in [3.8, 4) is 0 Å². The van der Waals surface area contributed by atoms with Crippen LogP contribution in [0.25, 0.3) is 0 Å². The van der Waals surface area contributed by atoms with Crippen LogP contribution in [0.3, 0.4) is 0 Å². The molecule has 1 unspecified atom stereocenters. The predicted octanol–water partition coefficient (Wildman–Crippen LogP) is 2.69. The lowest BCUT2D eigenvalue weighted by atomic mass is 9.90. The summed E-state index contributed by atoms with van der Waals surface area (Å²) in [6.45, 7) is 1.50. The van der Waals surface area contributed by atoms with Gasteiger partial charge in [-0.1, -0.05) is 12.1 Å². The van der Waals surface area contributed by atoms with E-state index in [2.05, 4.69) is 14.3 Å². The third-order valence-corrected chi connectivity index (χ3v) is 5.41. The molecular formula is C16H19FN4S. The smallest absolute Gasteiger partial charge is 0.205 e. The number of nitrogens with zero attached hydrogens (tertiary/aromatic N) is 3. The first kappa shape index (κ1) is 14.1. The van der Waals surface area contributed by atoms with Crippen LogP contribution >= 0.6 is 11.5 Å². The Balaban J connectivity index is 1.50. The van der Waals surface area contributed by atoms with Crippen molar-refractivity contribution in [2.45, 2.75) is 31.2 Å². The zero-order valence-corrected chi connectivity index (χ0v) is 13.2. The SMILES string of the molecule is NC1(c2cccc(F)c2)CCN(c2nc(CC3CC3)ns2)C1. The van der Waals surface area contributed by atoms with Crippen LogP contribution in [-0.4, -0.2) is 22.4 Å². The van der Waals surface area contributed by atoms with Crippen molar-refractivity contribution in [1.82, 2.24) is 9.36 Å². The van der Waals surface area contributed by atoms with Crippen molar-refractivity contribution < 1.29 is 4.39 Å². The van der Waals surface area contributed by atoms with Gasteiger partial charge in [0.2, 0.25) is 5.13 Å². The summed E-state index contributed by atoms with van der Waals surface area (Å²) in [5.74, 6) is 1.52. The Morgan fingerprint density at radius 2 is 2.27 bits per heavy atom. The predicted molar refractivity (Wildman–Crippen MR) is 85.4 cm³/mol. The van der Waals surface area contributed by atoms with Crippen LogP contribution < -0.4 is 10.6 Å². The zero-order chi connectivity index (χ0) is 15.2.